The Morgan fingerprint density at radius 3 is 2.44 bits per heavy atom. The monoisotopic (exact) mass is 238 g/mol. The van der Waals surface area contributed by atoms with Gasteiger partial charge < -0.3 is 0 Å². The third kappa shape index (κ3) is 1.82. The second-order valence-corrected chi connectivity index (χ2v) is 5.77. The van der Waals surface area contributed by atoms with Gasteiger partial charge in [-0.15, -0.1) is 0 Å². The summed E-state index contributed by atoms with van der Waals surface area (Å²) in [7, 11) is -3.47. The van der Waals surface area contributed by atoms with Crippen LogP contribution >= 0.6 is 0 Å². The van der Waals surface area contributed by atoms with Crippen molar-refractivity contribution in [1.29, 1.82) is 0 Å². The lowest BCUT2D eigenvalue weighted by Crippen LogP contribution is -2.30. The minimum Gasteiger partial charge on any atom is -0.200 e. The van der Waals surface area contributed by atoms with Crippen molar-refractivity contribution in [2.24, 2.45) is 5.10 Å². The fourth-order valence-corrected chi connectivity index (χ4v) is 3.05. The Balaban J connectivity index is 2.39. The summed E-state index contributed by atoms with van der Waals surface area (Å²) in [5.41, 5.74) is 1.04. The van der Waals surface area contributed by atoms with E-state index in [-0.39, 0.29) is 6.04 Å². The molecule has 1 heterocycles. The number of hydrazone groups is 1. The van der Waals surface area contributed by atoms with Gasteiger partial charge in [-0.05, 0) is 26.0 Å². The van der Waals surface area contributed by atoms with Gasteiger partial charge >= 0.3 is 0 Å². The predicted octanol–water partition coefficient (Wildman–Crippen LogP) is 1.76. The number of sulfonamides is 1. The molecule has 0 bridgehead atoms. The second-order valence-electron chi connectivity index (χ2n) is 3.97. The average Bonchev–Trinajstić information content (AvgIpc) is 2.66. The predicted molar refractivity (Wildman–Crippen MR) is 62.8 cm³/mol. The van der Waals surface area contributed by atoms with Gasteiger partial charge in [0.25, 0.3) is 10.0 Å². The van der Waals surface area contributed by atoms with E-state index in [1.807, 2.05) is 13.8 Å². The summed E-state index contributed by atoms with van der Waals surface area (Å²) in [5.74, 6) is 0. The first-order valence-corrected chi connectivity index (χ1v) is 6.59. The van der Waals surface area contributed by atoms with Gasteiger partial charge in [0.1, 0.15) is 0 Å². The summed E-state index contributed by atoms with van der Waals surface area (Å²) >= 11 is 0. The zero-order chi connectivity index (χ0) is 11.8. The van der Waals surface area contributed by atoms with E-state index in [0.29, 0.717) is 11.3 Å². The molecule has 0 aromatic heterocycles. The van der Waals surface area contributed by atoms with Crippen molar-refractivity contribution in [1.82, 2.24) is 4.41 Å². The topological polar surface area (TPSA) is 49.7 Å². The van der Waals surface area contributed by atoms with E-state index in [2.05, 4.69) is 5.10 Å². The molecule has 0 N–H and O–H groups in total. The van der Waals surface area contributed by atoms with Crippen molar-refractivity contribution < 1.29 is 8.42 Å². The van der Waals surface area contributed by atoms with Crippen LogP contribution in [0.4, 0.5) is 0 Å². The van der Waals surface area contributed by atoms with E-state index >= 15 is 0 Å². The van der Waals surface area contributed by atoms with Crippen LogP contribution in [-0.4, -0.2) is 25.1 Å². The maximum atomic E-state index is 12.2. The third-order valence-corrected chi connectivity index (χ3v) is 4.40. The number of nitrogens with zero attached hydrogens (tertiary/aromatic N) is 2. The number of rotatable bonds is 2. The summed E-state index contributed by atoms with van der Waals surface area (Å²) in [5, 5.41) is 3.91. The molecule has 0 saturated heterocycles. The van der Waals surface area contributed by atoms with Gasteiger partial charge in [-0.2, -0.15) is 17.9 Å². The zero-order valence-corrected chi connectivity index (χ0v) is 10.1. The summed E-state index contributed by atoms with van der Waals surface area (Å²) in [6.07, 6.45) is 2.31. The van der Waals surface area contributed by atoms with Gasteiger partial charge in [0.2, 0.25) is 0 Å². The van der Waals surface area contributed by atoms with Gasteiger partial charge in [0.15, 0.2) is 0 Å². The van der Waals surface area contributed by atoms with Crippen molar-refractivity contribution in [2.45, 2.75) is 31.2 Å². The smallest absolute Gasteiger partial charge is 0.200 e. The Kier molecular flexibility index (Phi) is 2.71. The molecule has 1 aromatic rings. The third-order valence-electron chi connectivity index (χ3n) is 2.58. The van der Waals surface area contributed by atoms with E-state index in [9.17, 15) is 8.42 Å². The molecule has 0 fully saturated rings. The SMILES string of the molecule is Cc1ccc(S(=O)(=O)N2N=CCC2C)cc1. The minimum absolute atomic E-state index is 0.0914. The van der Waals surface area contributed by atoms with Crippen molar-refractivity contribution in [2.75, 3.05) is 0 Å². The van der Waals surface area contributed by atoms with E-state index < -0.39 is 10.0 Å². The van der Waals surface area contributed by atoms with E-state index in [1.165, 1.54) is 4.41 Å². The molecule has 0 spiro atoms. The molecular formula is C11H14N2O2S. The Bertz CT molecular complexity index is 505. The summed E-state index contributed by atoms with van der Waals surface area (Å²) in [6.45, 7) is 3.77. The van der Waals surface area contributed by atoms with Crippen LogP contribution in [0.2, 0.25) is 0 Å². The quantitative estimate of drug-likeness (QED) is 0.788. The maximum absolute atomic E-state index is 12.2. The Morgan fingerprint density at radius 2 is 1.94 bits per heavy atom. The Labute approximate surface area is 95.6 Å². The summed E-state index contributed by atoms with van der Waals surface area (Å²) in [4.78, 5) is 0.295. The highest BCUT2D eigenvalue weighted by Crippen LogP contribution is 2.22. The van der Waals surface area contributed by atoms with Crippen LogP contribution < -0.4 is 0 Å². The molecule has 16 heavy (non-hydrogen) atoms. The highest BCUT2D eigenvalue weighted by molar-refractivity contribution is 7.89. The largest absolute Gasteiger partial charge is 0.279 e. The minimum atomic E-state index is -3.47. The number of hydrogen-bond acceptors (Lipinski definition) is 3. The fraction of sp³-hybridized carbons (Fsp3) is 0.364. The lowest BCUT2D eigenvalue weighted by Gasteiger charge is -2.19. The first kappa shape index (κ1) is 11.1. The molecule has 2 rings (SSSR count). The van der Waals surface area contributed by atoms with Crippen LogP contribution in [0.25, 0.3) is 0 Å². The van der Waals surface area contributed by atoms with Gasteiger partial charge in [-0.3, -0.25) is 0 Å². The van der Waals surface area contributed by atoms with Crippen LogP contribution in [0, 0.1) is 6.92 Å². The summed E-state index contributed by atoms with van der Waals surface area (Å²) in [6, 6.07) is 6.72. The average molecular weight is 238 g/mol. The Hall–Kier alpha value is -1.36. The van der Waals surface area contributed by atoms with Crippen molar-refractivity contribution >= 4 is 16.2 Å². The molecule has 5 heteroatoms. The highest BCUT2D eigenvalue weighted by Gasteiger charge is 2.29. The van der Waals surface area contributed by atoms with Crippen LogP contribution in [0.5, 0.6) is 0 Å². The van der Waals surface area contributed by atoms with Crippen LogP contribution in [0.3, 0.4) is 0 Å². The molecule has 0 radical (unpaired) electrons. The molecule has 86 valence electrons. The van der Waals surface area contributed by atoms with Crippen LogP contribution in [0.15, 0.2) is 34.3 Å². The maximum Gasteiger partial charge on any atom is 0.279 e. The molecule has 1 aromatic carbocycles. The van der Waals surface area contributed by atoms with Gasteiger partial charge in [0, 0.05) is 12.6 Å². The van der Waals surface area contributed by atoms with Crippen LogP contribution in [0.1, 0.15) is 18.9 Å². The molecule has 1 unspecified atom stereocenters. The van der Waals surface area contributed by atoms with Gasteiger partial charge in [-0.1, -0.05) is 17.7 Å². The van der Waals surface area contributed by atoms with Crippen LogP contribution in [-0.2, 0) is 10.0 Å². The second kappa shape index (κ2) is 3.90. The van der Waals surface area contributed by atoms with Crippen molar-refractivity contribution in [3.63, 3.8) is 0 Å². The number of hydrogen-bond donors (Lipinski definition) is 0. The first-order chi connectivity index (χ1) is 7.51. The molecule has 1 atom stereocenters. The molecule has 0 saturated carbocycles. The standard InChI is InChI=1S/C11H14N2O2S/c1-9-3-5-11(6-4-9)16(14,15)13-10(2)7-8-12-13/h3-6,8,10H,7H2,1-2H3. The van der Waals surface area contributed by atoms with E-state index in [0.717, 1.165) is 5.56 Å². The first-order valence-electron chi connectivity index (χ1n) is 5.15. The van der Waals surface area contributed by atoms with E-state index in [1.54, 1.807) is 30.5 Å². The molecule has 0 aliphatic carbocycles. The molecule has 4 nitrogen and oxygen atoms in total. The molecule has 1 aliphatic heterocycles. The number of aryl methyl sites for hydroxylation is 1. The summed E-state index contributed by atoms with van der Waals surface area (Å²) < 4.78 is 25.5. The van der Waals surface area contributed by atoms with Crippen molar-refractivity contribution in [3.8, 4) is 0 Å². The molecular weight excluding hydrogens is 224 g/mol. The lowest BCUT2D eigenvalue weighted by molar-refractivity contribution is 0.384. The normalized spacial score (nSPS) is 20.4. The number of benzene rings is 1. The van der Waals surface area contributed by atoms with Gasteiger partial charge in [-0.25, -0.2) is 0 Å². The van der Waals surface area contributed by atoms with Gasteiger partial charge in [0.05, 0.1) is 10.9 Å². The van der Waals surface area contributed by atoms with Crippen molar-refractivity contribution in [3.05, 3.63) is 29.8 Å². The molecule has 0 amide bonds. The molecule has 1 aliphatic rings. The fourth-order valence-electron chi connectivity index (χ4n) is 1.60. The zero-order valence-electron chi connectivity index (χ0n) is 9.29. The highest BCUT2D eigenvalue weighted by atomic mass is 32.2. The lowest BCUT2D eigenvalue weighted by atomic mass is 10.2. The Morgan fingerprint density at radius 1 is 1.31 bits per heavy atom. The van der Waals surface area contributed by atoms with E-state index in [4.69, 9.17) is 0 Å².